The van der Waals surface area contributed by atoms with Crippen molar-refractivity contribution >= 4 is 5.97 Å². The first kappa shape index (κ1) is 14.7. The van der Waals surface area contributed by atoms with Gasteiger partial charge in [-0.1, -0.05) is 18.2 Å². The summed E-state index contributed by atoms with van der Waals surface area (Å²) in [5, 5.41) is 8.76. The molecule has 1 aromatic carbocycles. The van der Waals surface area contributed by atoms with E-state index in [4.69, 9.17) is 5.11 Å². The van der Waals surface area contributed by atoms with E-state index >= 15 is 0 Å². The Bertz CT molecular complexity index is 413. The van der Waals surface area contributed by atoms with Gasteiger partial charge < -0.3 is 5.11 Å². The minimum atomic E-state index is -0.735. The molecule has 1 rings (SSSR count). The van der Waals surface area contributed by atoms with Crippen LogP contribution >= 0.6 is 0 Å². The summed E-state index contributed by atoms with van der Waals surface area (Å²) in [5.74, 6) is -0.735. The zero-order chi connectivity index (χ0) is 13.7. The summed E-state index contributed by atoms with van der Waals surface area (Å²) in [6.45, 7) is 9.82. The van der Waals surface area contributed by atoms with Gasteiger partial charge in [0.25, 0.3) is 0 Å². The van der Waals surface area contributed by atoms with Crippen LogP contribution in [0.2, 0.25) is 0 Å². The molecule has 1 aromatic rings. The van der Waals surface area contributed by atoms with E-state index < -0.39 is 5.97 Å². The van der Waals surface area contributed by atoms with E-state index in [9.17, 15) is 4.79 Å². The Kier molecular flexibility index (Phi) is 5.35. The molecule has 0 saturated heterocycles. The molecule has 0 aliphatic carbocycles. The van der Waals surface area contributed by atoms with Gasteiger partial charge >= 0.3 is 5.97 Å². The normalized spacial score (nSPS) is 11.2. The average molecular weight is 249 g/mol. The Morgan fingerprint density at radius 3 is 2.44 bits per heavy atom. The highest BCUT2D eigenvalue weighted by atomic mass is 16.4. The second-order valence-corrected chi connectivity index (χ2v) is 5.13. The summed E-state index contributed by atoms with van der Waals surface area (Å²) < 4.78 is 0. The third-order valence-corrected chi connectivity index (χ3v) is 3.30. The third-order valence-electron chi connectivity index (χ3n) is 3.30. The molecule has 0 bridgehead atoms. The van der Waals surface area contributed by atoms with Crippen LogP contribution in [0.25, 0.3) is 0 Å². The quantitative estimate of drug-likeness (QED) is 0.842. The van der Waals surface area contributed by atoms with Gasteiger partial charge in [-0.3, -0.25) is 9.69 Å². The van der Waals surface area contributed by atoms with Crippen molar-refractivity contribution in [3.8, 4) is 0 Å². The molecule has 0 aliphatic heterocycles. The molecule has 0 heterocycles. The number of carbonyl (C=O) groups is 1. The number of nitrogens with zero attached hydrogens (tertiary/aromatic N) is 1. The second kappa shape index (κ2) is 6.55. The lowest BCUT2D eigenvalue weighted by Crippen LogP contribution is -2.32. The Morgan fingerprint density at radius 2 is 1.94 bits per heavy atom. The first-order valence-electron chi connectivity index (χ1n) is 6.42. The smallest absolute Gasteiger partial charge is 0.304 e. The molecule has 0 amide bonds. The molecule has 0 aromatic heterocycles. The molecule has 0 aliphatic rings. The van der Waals surface area contributed by atoms with Crippen LogP contribution in [0.15, 0.2) is 18.2 Å². The summed E-state index contributed by atoms with van der Waals surface area (Å²) in [6.07, 6.45) is 0.197. The number of hydrogen-bond acceptors (Lipinski definition) is 2. The fourth-order valence-electron chi connectivity index (χ4n) is 1.90. The topological polar surface area (TPSA) is 40.5 Å². The van der Waals surface area contributed by atoms with Gasteiger partial charge in [0, 0.05) is 19.1 Å². The molecule has 0 spiro atoms. The molecule has 0 atom stereocenters. The van der Waals surface area contributed by atoms with E-state index in [1.807, 2.05) is 0 Å². The summed E-state index contributed by atoms with van der Waals surface area (Å²) in [5.41, 5.74) is 3.83. The molecular formula is C15H23NO2. The van der Waals surface area contributed by atoms with Crippen molar-refractivity contribution in [2.45, 2.75) is 46.7 Å². The largest absolute Gasteiger partial charge is 0.481 e. The van der Waals surface area contributed by atoms with Crippen LogP contribution in [0, 0.1) is 13.8 Å². The van der Waals surface area contributed by atoms with E-state index in [-0.39, 0.29) is 6.42 Å². The van der Waals surface area contributed by atoms with Gasteiger partial charge in [0.1, 0.15) is 0 Å². The highest BCUT2D eigenvalue weighted by molar-refractivity contribution is 5.66. The van der Waals surface area contributed by atoms with Crippen LogP contribution in [0.1, 0.15) is 37.0 Å². The van der Waals surface area contributed by atoms with Crippen LogP contribution in [0.3, 0.4) is 0 Å². The first-order valence-corrected chi connectivity index (χ1v) is 6.42. The summed E-state index contributed by atoms with van der Waals surface area (Å²) in [4.78, 5) is 12.8. The predicted molar refractivity (Wildman–Crippen MR) is 73.7 cm³/mol. The van der Waals surface area contributed by atoms with Gasteiger partial charge in [-0.25, -0.2) is 0 Å². The van der Waals surface area contributed by atoms with Crippen molar-refractivity contribution in [1.29, 1.82) is 0 Å². The Labute approximate surface area is 109 Å². The monoisotopic (exact) mass is 249 g/mol. The SMILES string of the molecule is Cc1ccc(CN(CCC(=O)O)C(C)C)cc1C. The lowest BCUT2D eigenvalue weighted by atomic mass is 10.1. The third kappa shape index (κ3) is 4.49. The van der Waals surface area contributed by atoms with Crippen molar-refractivity contribution in [3.05, 3.63) is 34.9 Å². The van der Waals surface area contributed by atoms with Crippen LogP contribution in [0.4, 0.5) is 0 Å². The van der Waals surface area contributed by atoms with Crippen molar-refractivity contribution in [2.24, 2.45) is 0 Å². The van der Waals surface area contributed by atoms with Crippen molar-refractivity contribution in [3.63, 3.8) is 0 Å². The number of carboxylic acid groups (broad SMARTS) is 1. The fraction of sp³-hybridized carbons (Fsp3) is 0.533. The zero-order valence-electron chi connectivity index (χ0n) is 11.7. The Morgan fingerprint density at radius 1 is 1.28 bits per heavy atom. The van der Waals surface area contributed by atoms with Crippen molar-refractivity contribution < 1.29 is 9.90 Å². The minimum Gasteiger partial charge on any atom is -0.481 e. The maximum Gasteiger partial charge on any atom is 0.304 e. The Balaban J connectivity index is 2.70. The lowest BCUT2D eigenvalue weighted by molar-refractivity contribution is -0.137. The Hall–Kier alpha value is -1.35. The number of aryl methyl sites for hydroxylation is 2. The van der Waals surface area contributed by atoms with Crippen molar-refractivity contribution in [1.82, 2.24) is 4.90 Å². The van der Waals surface area contributed by atoms with Gasteiger partial charge in [0.15, 0.2) is 0 Å². The minimum absolute atomic E-state index is 0.197. The molecule has 0 radical (unpaired) electrons. The summed E-state index contributed by atoms with van der Waals surface area (Å²) in [6, 6.07) is 6.79. The van der Waals surface area contributed by atoms with E-state index in [2.05, 4.69) is 50.8 Å². The number of carboxylic acids is 1. The standard InChI is InChI=1S/C15H23NO2/c1-11(2)16(8-7-15(17)18)10-14-6-5-12(3)13(4)9-14/h5-6,9,11H,7-8,10H2,1-4H3,(H,17,18). The molecule has 100 valence electrons. The van der Waals surface area contributed by atoms with Gasteiger partial charge in [-0.2, -0.15) is 0 Å². The van der Waals surface area contributed by atoms with Gasteiger partial charge in [-0.05, 0) is 44.4 Å². The highest BCUT2D eigenvalue weighted by Gasteiger charge is 2.12. The molecule has 0 fully saturated rings. The zero-order valence-corrected chi connectivity index (χ0v) is 11.7. The molecule has 1 N–H and O–H groups in total. The maximum absolute atomic E-state index is 10.7. The van der Waals surface area contributed by atoms with Crippen LogP contribution in [0.5, 0.6) is 0 Å². The van der Waals surface area contributed by atoms with Crippen LogP contribution < -0.4 is 0 Å². The molecule has 18 heavy (non-hydrogen) atoms. The number of aliphatic carboxylic acids is 1. The van der Waals surface area contributed by atoms with E-state index in [1.165, 1.54) is 16.7 Å². The number of hydrogen-bond donors (Lipinski definition) is 1. The first-order chi connectivity index (χ1) is 8.40. The number of benzene rings is 1. The fourth-order valence-corrected chi connectivity index (χ4v) is 1.90. The molecular weight excluding hydrogens is 226 g/mol. The van der Waals surface area contributed by atoms with Gasteiger partial charge in [0.2, 0.25) is 0 Å². The lowest BCUT2D eigenvalue weighted by Gasteiger charge is -2.26. The van der Waals surface area contributed by atoms with Crippen LogP contribution in [-0.4, -0.2) is 28.6 Å². The van der Waals surface area contributed by atoms with Gasteiger partial charge in [-0.15, -0.1) is 0 Å². The van der Waals surface area contributed by atoms with E-state index in [1.54, 1.807) is 0 Å². The summed E-state index contributed by atoms with van der Waals surface area (Å²) in [7, 11) is 0. The van der Waals surface area contributed by atoms with Gasteiger partial charge in [0.05, 0.1) is 6.42 Å². The molecule has 0 unspecified atom stereocenters. The maximum atomic E-state index is 10.7. The van der Waals surface area contributed by atoms with Crippen molar-refractivity contribution in [2.75, 3.05) is 6.54 Å². The predicted octanol–water partition coefficient (Wildman–Crippen LogP) is 2.99. The second-order valence-electron chi connectivity index (χ2n) is 5.13. The molecule has 3 nitrogen and oxygen atoms in total. The van der Waals surface area contributed by atoms with E-state index in [0.29, 0.717) is 12.6 Å². The average Bonchev–Trinajstić information content (AvgIpc) is 2.28. The number of rotatable bonds is 6. The van der Waals surface area contributed by atoms with E-state index in [0.717, 1.165) is 6.54 Å². The molecule has 3 heteroatoms. The highest BCUT2D eigenvalue weighted by Crippen LogP contribution is 2.13. The van der Waals surface area contributed by atoms with Crippen LogP contribution in [-0.2, 0) is 11.3 Å². The molecule has 0 saturated carbocycles. The summed E-state index contributed by atoms with van der Waals surface area (Å²) >= 11 is 0.